The van der Waals surface area contributed by atoms with Gasteiger partial charge in [-0.05, 0) is 32.4 Å². The lowest BCUT2D eigenvalue weighted by Crippen LogP contribution is -2.52. The number of nitrogens with two attached hydrogens (primary N) is 1. The molecule has 0 unspecified atom stereocenters. The van der Waals surface area contributed by atoms with E-state index in [1.165, 1.54) is 12.8 Å². The van der Waals surface area contributed by atoms with Crippen molar-refractivity contribution in [2.24, 2.45) is 11.1 Å². The molecule has 4 nitrogen and oxygen atoms in total. The standard InChI is InChI=1S/C15H31N3O/c1-4-15(2,3)14(19)18-12-10-17(11-13-18)9-7-5-6-8-16/h4-13,16H2,1-3H3. The Morgan fingerprint density at radius 2 is 1.74 bits per heavy atom. The summed E-state index contributed by atoms with van der Waals surface area (Å²) in [5.74, 6) is 0.317. The fraction of sp³-hybridized carbons (Fsp3) is 0.933. The van der Waals surface area contributed by atoms with E-state index in [1.54, 1.807) is 0 Å². The Kier molecular flexibility index (Phi) is 6.80. The molecule has 112 valence electrons. The molecule has 0 aromatic carbocycles. The van der Waals surface area contributed by atoms with Crippen molar-refractivity contribution >= 4 is 5.91 Å². The van der Waals surface area contributed by atoms with E-state index in [0.717, 1.165) is 52.1 Å². The average Bonchev–Trinajstić information content (AvgIpc) is 2.43. The number of carbonyl (C=O) groups excluding carboxylic acids is 1. The second-order valence-corrected chi connectivity index (χ2v) is 6.22. The van der Waals surface area contributed by atoms with Crippen molar-refractivity contribution in [1.29, 1.82) is 0 Å². The molecular weight excluding hydrogens is 238 g/mol. The smallest absolute Gasteiger partial charge is 0.228 e. The molecule has 0 spiro atoms. The van der Waals surface area contributed by atoms with Gasteiger partial charge < -0.3 is 10.6 Å². The molecule has 1 saturated heterocycles. The summed E-state index contributed by atoms with van der Waals surface area (Å²) < 4.78 is 0. The van der Waals surface area contributed by atoms with E-state index in [-0.39, 0.29) is 5.41 Å². The highest BCUT2D eigenvalue weighted by Crippen LogP contribution is 2.23. The number of rotatable bonds is 7. The van der Waals surface area contributed by atoms with E-state index in [0.29, 0.717) is 5.91 Å². The summed E-state index contributed by atoms with van der Waals surface area (Å²) in [6.45, 7) is 12.0. The van der Waals surface area contributed by atoms with Crippen LogP contribution in [0.3, 0.4) is 0 Å². The predicted octanol–water partition coefficient (Wildman–Crippen LogP) is 1.70. The molecule has 0 radical (unpaired) electrons. The summed E-state index contributed by atoms with van der Waals surface area (Å²) in [6, 6.07) is 0. The van der Waals surface area contributed by atoms with Crippen molar-refractivity contribution < 1.29 is 4.79 Å². The molecule has 1 heterocycles. The molecule has 19 heavy (non-hydrogen) atoms. The molecule has 1 amide bonds. The fourth-order valence-corrected chi connectivity index (χ4v) is 2.41. The van der Waals surface area contributed by atoms with E-state index in [2.05, 4.69) is 25.7 Å². The molecule has 0 bridgehead atoms. The highest BCUT2D eigenvalue weighted by Gasteiger charge is 2.31. The first-order valence-corrected chi connectivity index (χ1v) is 7.73. The van der Waals surface area contributed by atoms with Crippen LogP contribution in [0.25, 0.3) is 0 Å². The average molecular weight is 269 g/mol. The van der Waals surface area contributed by atoms with Crippen LogP contribution in [0.5, 0.6) is 0 Å². The Morgan fingerprint density at radius 1 is 1.11 bits per heavy atom. The lowest BCUT2D eigenvalue weighted by Gasteiger charge is -2.38. The van der Waals surface area contributed by atoms with Crippen molar-refractivity contribution in [2.75, 3.05) is 39.3 Å². The maximum absolute atomic E-state index is 12.4. The van der Waals surface area contributed by atoms with Gasteiger partial charge in [0, 0.05) is 31.6 Å². The monoisotopic (exact) mass is 269 g/mol. The SMILES string of the molecule is CCC(C)(C)C(=O)N1CCN(CCCCCN)CC1. The Morgan fingerprint density at radius 3 is 2.26 bits per heavy atom. The second kappa shape index (κ2) is 7.85. The summed E-state index contributed by atoms with van der Waals surface area (Å²) in [6.07, 6.45) is 4.48. The third kappa shape index (κ3) is 5.11. The van der Waals surface area contributed by atoms with Crippen LogP contribution in [0, 0.1) is 5.41 Å². The summed E-state index contributed by atoms with van der Waals surface area (Å²) in [4.78, 5) is 16.9. The maximum atomic E-state index is 12.4. The third-order valence-corrected chi connectivity index (χ3v) is 4.30. The topological polar surface area (TPSA) is 49.6 Å². The Bertz CT molecular complexity index is 271. The molecule has 1 fully saturated rings. The molecule has 1 aliphatic rings. The van der Waals surface area contributed by atoms with Crippen molar-refractivity contribution in [2.45, 2.75) is 46.5 Å². The molecule has 0 aromatic heterocycles. The first-order valence-electron chi connectivity index (χ1n) is 7.73. The Balaban J connectivity index is 2.27. The molecule has 0 aromatic rings. The molecule has 1 rings (SSSR count). The summed E-state index contributed by atoms with van der Waals surface area (Å²) >= 11 is 0. The minimum atomic E-state index is -0.205. The van der Waals surface area contributed by atoms with Crippen LogP contribution in [0.15, 0.2) is 0 Å². The number of hydrogen-bond donors (Lipinski definition) is 1. The van der Waals surface area contributed by atoms with Crippen LogP contribution in [-0.4, -0.2) is 55.0 Å². The van der Waals surface area contributed by atoms with Crippen molar-refractivity contribution in [3.8, 4) is 0 Å². The van der Waals surface area contributed by atoms with Gasteiger partial charge in [0.25, 0.3) is 0 Å². The molecular formula is C15H31N3O. The zero-order valence-electron chi connectivity index (χ0n) is 13.0. The lowest BCUT2D eigenvalue weighted by atomic mass is 9.88. The van der Waals surface area contributed by atoms with Crippen LogP contribution < -0.4 is 5.73 Å². The lowest BCUT2D eigenvalue weighted by molar-refractivity contribution is -0.142. The van der Waals surface area contributed by atoms with Gasteiger partial charge in [0.1, 0.15) is 0 Å². The zero-order valence-corrected chi connectivity index (χ0v) is 13.0. The van der Waals surface area contributed by atoms with Gasteiger partial charge in [-0.2, -0.15) is 0 Å². The second-order valence-electron chi connectivity index (χ2n) is 6.22. The summed E-state index contributed by atoms with van der Waals surface area (Å²) in [5.41, 5.74) is 5.29. The van der Waals surface area contributed by atoms with Gasteiger partial charge in [0.2, 0.25) is 5.91 Å². The fourth-order valence-electron chi connectivity index (χ4n) is 2.41. The summed E-state index contributed by atoms with van der Waals surface area (Å²) in [5, 5.41) is 0. The van der Waals surface area contributed by atoms with Gasteiger partial charge in [-0.3, -0.25) is 9.69 Å². The van der Waals surface area contributed by atoms with E-state index in [4.69, 9.17) is 5.73 Å². The largest absolute Gasteiger partial charge is 0.340 e. The molecule has 0 saturated carbocycles. The van der Waals surface area contributed by atoms with Gasteiger partial charge >= 0.3 is 0 Å². The van der Waals surface area contributed by atoms with Crippen molar-refractivity contribution in [3.63, 3.8) is 0 Å². The number of carbonyl (C=O) groups is 1. The third-order valence-electron chi connectivity index (χ3n) is 4.30. The van der Waals surface area contributed by atoms with Crippen LogP contribution in [0.2, 0.25) is 0 Å². The van der Waals surface area contributed by atoms with E-state index >= 15 is 0 Å². The van der Waals surface area contributed by atoms with Gasteiger partial charge in [-0.25, -0.2) is 0 Å². The number of piperazine rings is 1. The van der Waals surface area contributed by atoms with Crippen LogP contribution in [0.1, 0.15) is 46.5 Å². The Labute approximate surface area is 118 Å². The highest BCUT2D eigenvalue weighted by atomic mass is 16.2. The van der Waals surface area contributed by atoms with Crippen molar-refractivity contribution in [3.05, 3.63) is 0 Å². The molecule has 2 N–H and O–H groups in total. The van der Waals surface area contributed by atoms with Gasteiger partial charge in [0.05, 0.1) is 0 Å². The zero-order chi connectivity index (χ0) is 14.3. The van der Waals surface area contributed by atoms with Gasteiger partial charge in [-0.1, -0.05) is 27.2 Å². The van der Waals surface area contributed by atoms with Crippen LogP contribution >= 0.6 is 0 Å². The van der Waals surface area contributed by atoms with E-state index in [9.17, 15) is 4.79 Å². The highest BCUT2D eigenvalue weighted by molar-refractivity contribution is 5.82. The van der Waals surface area contributed by atoms with Gasteiger partial charge in [0.15, 0.2) is 0 Å². The number of hydrogen-bond acceptors (Lipinski definition) is 3. The first-order chi connectivity index (χ1) is 9.01. The van der Waals surface area contributed by atoms with Crippen LogP contribution in [0.4, 0.5) is 0 Å². The normalized spacial score (nSPS) is 17.8. The molecule has 4 heteroatoms. The summed E-state index contributed by atoms with van der Waals surface area (Å²) in [7, 11) is 0. The minimum Gasteiger partial charge on any atom is -0.340 e. The number of amides is 1. The molecule has 0 atom stereocenters. The van der Waals surface area contributed by atoms with E-state index in [1.807, 2.05) is 4.90 Å². The maximum Gasteiger partial charge on any atom is 0.228 e. The number of nitrogens with zero attached hydrogens (tertiary/aromatic N) is 2. The molecule has 0 aliphatic carbocycles. The molecule has 1 aliphatic heterocycles. The van der Waals surface area contributed by atoms with Gasteiger partial charge in [-0.15, -0.1) is 0 Å². The first kappa shape index (κ1) is 16.4. The minimum absolute atomic E-state index is 0.205. The predicted molar refractivity (Wildman–Crippen MR) is 80.0 cm³/mol. The van der Waals surface area contributed by atoms with Crippen molar-refractivity contribution in [1.82, 2.24) is 9.80 Å². The van der Waals surface area contributed by atoms with E-state index < -0.39 is 0 Å². The number of unbranched alkanes of at least 4 members (excludes halogenated alkanes) is 2. The van der Waals surface area contributed by atoms with Crippen LogP contribution in [-0.2, 0) is 4.79 Å². The quantitative estimate of drug-likeness (QED) is 0.716. The Hall–Kier alpha value is -0.610.